The third-order valence-corrected chi connectivity index (χ3v) is 2.44. The average Bonchev–Trinajstić information content (AvgIpc) is 2.47. The lowest BCUT2D eigenvalue weighted by Crippen LogP contribution is -2.39. The van der Waals surface area contributed by atoms with Crippen LogP contribution in [0.1, 0.15) is 12.0 Å². The molecule has 0 heterocycles. The van der Waals surface area contributed by atoms with Gasteiger partial charge in [0.15, 0.2) is 6.61 Å². The van der Waals surface area contributed by atoms with Crippen LogP contribution < -0.4 is 15.4 Å². The first-order valence-corrected chi connectivity index (χ1v) is 6.38. The summed E-state index contributed by atoms with van der Waals surface area (Å²) in [6, 6.07) is 6.75. The van der Waals surface area contributed by atoms with Crippen LogP contribution in [0.15, 0.2) is 24.3 Å². The normalized spacial score (nSPS) is 9.62. The Kier molecular flexibility index (Phi) is 6.73. The summed E-state index contributed by atoms with van der Waals surface area (Å²) < 4.78 is 10.1. The minimum Gasteiger partial charge on any atom is -0.493 e. The Hall–Kier alpha value is -2.57. The van der Waals surface area contributed by atoms with E-state index in [0.29, 0.717) is 5.75 Å². The predicted molar refractivity (Wildman–Crippen MR) is 74.8 cm³/mol. The fraction of sp³-hybridized carbons (Fsp3) is 0.357. The second-order valence-corrected chi connectivity index (χ2v) is 4.20. The first kappa shape index (κ1) is 16.5. The summed E-state index contributed by atoms with van der Waals surface area (Å²) in [5.41, 5.74) is 1.11. The number of esters is 1. The number of benzene rings is 1. The van der Waals surface area contributed by atoms with Crippen molar-refractivity contribution in [1.29, 1.82) is 0 Å². The van der Waals surface area contributed by atoms with Crippen molar-refractivity contribution in [1.82, 2.24) is 10.6 Å². The fourth-order valence-corrected chi connectivity index (χ4v) is 1.33. The monoisotopic (exact) mass is 294 g/mol. The summed E-state index contributed by atoms with van der Waals surface area (Å²) in [6.07, 6.45) is 0.0150. The Bertz CT molecular complexity index is 499. The lowest BCUT2D eigenvalue weighted by molar-refractivity contribution is -0.148. The Morgan fingerprint density at radius 3 is 2.43 bits per heavy atom. The number of ether oxygens (including phenoxy) is 2. The summed E-state index contributed by atoms with van der Waals surface area (Å²) in [6.45, 7) is 1.61. The van der Waals surface area contributed by atoms with Crippen LogP contribution in [0.2, 0.25) is 0 Å². The van der Waals surface area contributed by atoms with Crippen LogP contribution in [0, 0.1) is 6.92 Å². The van der Waals surface area contributed by atoms with Gasteiger partial charge in [-0.25, -0.2) is 4.79 Å². The highest BCUT2D eigenvalue weighted by molar-refractivity contribution is 5.95. The molecule has 0 aliphatic carbocycles. The maximum absolute atomic E-state index is 11.4. The van der Waals surface area contributed by atoms with Crippen LogP contribution in [0.5, 0.6) is 5.75 Å². The smallest absolute Gasteiger partial charge is 0.321 e. The van der Waals surface area contributed by atoms with Gasteiger partial charge in [0.2, 0.25) is 0 Å². The molecule has 0 unspecified atom stereocenters. The van der Waals surface area contributed by atoms with E-state index in [2.05, 4.69) is 5.32 Å². The van der Waals surface area contributed by atoms with Gasteiger partial charge >= 0.3 is 12.0 Å². The molecule has 0 fully saturated rings. The van der Waals surface area contributed by atoms with E-state index in [4.69, 9.17) is 9.47 Å². The number of imide groups is 1. The van der Waals surface area contributed by atoms with Gasteiger partial charge in [0.25, 0.3) is 5.91 Å². The molecule has 2 N–H and O–H groups in total. The number of carbonyl (C=O) groups excluding carboxylic acids is 3. The van der Waals surface area contributed by atoms with Crippen molar-refractivity contribution in [2.24, 2.45) is 0 Å². The van der Waals surface area contributed by atoms with E-state index >= 15 is 0 Å². The Morgan fingerprint density at radius 2 is 1.81 bits per heavy atom. The highest BCUT2D eigenvalue weighted by Crippen LogP contribution is 2.11. The average molecular weight is 294 g/mol. The van der Waals surface area contributed by atoms with Crippen molar-refractivity contribution in [3.63, 3.8) is 0 Å². The number of urea groups is 1. The number of aryl methyl sites for hydroxylation is 1. The van der Waals surface area contributed by atoms with Gasteiger partial charge in [-0.3, -0.25) is 14.9 Å². The van der Waals surface area contributed by atoms with Crippen molar-refractivity contribution in [3.05, 3.63) is 29.8 Å². The van der Waals surface area contributed by atoms with Crippen molar-refractivity contribution in [2.45, 2.75) is 13.3 Å². The van der Waals surface area contributed by atoms with E-state index in [1.165, 1.54) is 7.05 Å². The fourth-order valence-electron chi connectivity index (χ4n) is 1.33. The topological polar surface area (TPSA) is 93.7 Å². The van der Waals surface area contributed by atoms with Gasteiger partial charge < -0.3 is 14.8 Å². The van der Waals surface area contributed by atoms with Crippen LogP contribution in [0.25, 0.3) is 0 Å². The maximum atomic E-state index is 11.4. The van der Waals surface area contributed by atoms with Gasteiger partial charge in [-0.1, -0.05) is 17.7 Å². The zero-order valence-corrected chi connectivity index (χ0v) is 12.0. The number of hydrogen-bond donors (Lipinski definition) is 2. The van der Waals surface area contributed by atoms with Crippen molar-refractivity contribution in [3.8, 4) is 5.75 Å². The van der Waals surface area contributed by atoms with Crippen LogP contribution >= 0.6 is 0 Å². The number of amides is 3. The van der Waals surface area contributed by atoms with E-state index in [0.717, 1.165) is 5.56 Å². The molecule has 7 nitrogen and oxygen atoms in total. The molecule has 3 amide bonds. The molecule has 1 rings (SSSR count). The molecular weight excluding hydrogens is 276 g/mol. The Balaban J connectivity index is 2.18. The Morgan fingerprint density at radius 1 is 1.14 bits per heavy atom. The van der Waals surface area contributed by atoms with Gasteiger partial charge in [-0.15, -0.1) is 0 Å². The number of nitrogens with one attached hydrogen (secondary N) is 2. The van der Waals surface area contributed by atoms with E-state index in [1.807, 2.05) is 24.4 Å². The zero-order valence-electron chi connectivity index (χ0n) is 12.0. The molecule has 0 saturated heterocycles. The maximum Gasteiger partial charge on any atom is 0.321 e. The molecule has 21 heavy (non-hydrogen) atoms. The third-order valence-electron chi connectivity index (χ3n) is 2.44. The number of rotatable bonds is 6. The lowest BCUT2D eigenvalue weighted by atomic mass is 10.2. The summed E-state index contributed by atoms with van der Waals surface area (Å²) in [5, 5.41) is 4.18. The quantitative estimate of drug-likeness (QED) is 0.756. The molecule has 0 spiro atoms. The van der Waals surface area contributed by atoms with Crippen molar-refractivity contribution in [2.75, 3.05) is 20.3 Å². The largest absolute Gasteiger partial charge is 0.493 e. The van der Waals surface area contributed by atoms with Gasteiger partial charge in [0.1, 0.15) is 5.75 Å². The van der Waals surface area contributed by atoms with Crippen LogP contribution in [-0.4, -0.2) is 38.2 Å². The van der Waals surface area contributed by atoms with Crippen molar-refractivity contribution < 1.29 is 23.9 Å². The zero-order chi connectivity index (χ0) is 15.7. The highest BCUT2D eigenvalue weighted by atomic mass is 16.5. The molecule has 0 aliphatic rings. The first-order chi connectivity index (χ1) is 10.0. The molecule has 0 aliphatic heterocycles. The SMILES string of the molecule is CNC(=O)NC(=O)COC(=O)CCOc1ccc(C)cc1. The third kappa shape index (κ3) is 6.95. The van der Waals surface area contributed by atoms with Crippen molar-refractivity contribution >= 4 is 17.9 Å². The minimum atomic E-state index is -0.692. The molecule has 114 valence electrons. The van der Waals surface area contributed by atoms with E-state index in [9.17, 15) is 14.4 Å². The highest BCUT2D eigenvalue weighted by Gasteiger charge is 2.10. The molecule has 0 atom stereocenters. The van der Waals surface area contributed by atoms with Crippen LogP contribution in [0.4, 0.5) is 4.79 Å². The summed E-state index contributed by atoms with van der Waals surface area (Å²) >= 11 is 0. The number of carbonyl (C=O) groups is 3. The van der Waals surface area contributed by atoms with Gasteiger partial charge in [0.05, 0.1) is 13.0 Å². The summed E-state index contributed by atoms with van der Waals surface area (Å²) in [5.74, 6) is -0.609. The van der Waals surface area contributed by atoms with Gasteiger partial charge in [-0.2, -0.15) is 0 Å². The molecule has 7 heteroatoms. The second-order valence-electron chi connectivity index (χ2n) is 4.20. The summed E-state index contributed by atoms with van der Waals surface area (Å²) in [4.78, 5) is 33.3. The Labute approximate surface area is 122 Å². The molecule has 1 aromatic carbocycles. The van der Waals surface area contributed by atoms with Crippen LogP contribution in [-0.2, 0) is 14.3 Å². The molecule has 1 aromatic rings. The molecule has 0 aromatic heterocycles. The van der Waals surface area contributed by atoms with E-state index in [-0.39, 0.29) is 13.0 Å². The van der Waals surface area contributed by atoms with E-state index < -0.39 is 24.5 Å². The first-order valence-electron chi connectivity index (χ1n) is 6.38. The minimum absolute atomic E-state index is 0.0150. The lowest BCUT2D eigenvalue weighted by Gasteiger charge is -2.07. The second kappa shape index (κ2) is 8.57. The molecule has 0 bridgehead atoms. The standard InChI is InChI=1S/C14H18N2O5/c1-10-3-5-11(6-4-10)20-8-7-13(18)21-9-12(17)16-14(19)15-2/h3-6H,7-9H2,1-2H3,(H2,15,16,17,19). The predicted octanol–water partition coefficient (Wildman–Crippen LogP) is 0.763. The van der Waals surface area contributed by atoms with Crippen LogP contribution in [0.3, 0.4) is 0 Å². The summed E-state index contributed by atoms with van der Waals surface area (Å²) in [7, 11) is 1.37. The van der Waals surface area contributed by atoms with Gasteiger partial charge in [0, 0.05) is 7.05 Å². The van der Waals surface area contributed by atoms with Gasteiger partial charge in [-0.05, 0) is 19.1 Å². The molecule has 0 saturated carbocycles. The molecule has 0 radical (unpaired) electrons. The molecular formula is C14H18N2O5. The number of hydrogen-bond acceptors (Lipinski definition) is 5. The van der Waals surface area contributed by atoms with E-state index in [1.54, 1.807) is 12.1 Å².